The third kappa shape index (κ3) is 26.1. The van der Waals surface area contributed by atoms with Crippen molar-refractivity contribution < 1.29 is 24.8 Å². The van der Waals surface area contributed by atoms with Crippen LogP contribution in [0.15, 0.2) is 0 Å². The van der Waals surface area contributed by atoms with Crippen LogP contribution in [0.2, 0.25) is 0 Å². The van der Waals surface area contributed by atoms with Gasteiger partial charge in [0.05, 0.1) is 0 Å². The molecular weight excluding hydrogens is 288 g/mol. The van der Waals surface area contributed by atoms with Crippen LogP contribution in [0, 0.1) is 0 Å². The molecule has 0 fully saturated rings. The third-order valence-electron chi connectivity index (χ3n) is 0.737. The summed E-state index contributed by atoms with van der Waals surface area (Å²) in [7, 11) is 0. The van der Waals surface area contributed by atoms with Gasteiger partial charge in [0.25, 0.3) is 0 Å². The Bertz CT molecular complexity index is 24.2. The molecule has 0 N–H and O–H groups in total. The van der Waals surface area contributed by atoms with Crippen molar-refractivity contribution in [3.05, 3.63) is 0 Å². The molecule has 3 radical (unpaired) electrons. The van der Waals surface area contributed by atoms with E-state index < -0.39 is 0 Å². The fourth-order valence-electron chi connectivity index (χ4n) is 0.344. The van der Waals surface area contributed by atoms with Crippen molar-refractivity contribution in [3.8, 4) is 0 Å². The van der Waals surface area contributed by atoms with Crippen LogP contribution < -0.4 is 24.8 Å². The first-order valence-corrected chi connectivity index (χ1v) is 3.01. The van der Waals surface area contributed by atoms with Crippen LogP contribution in [0.3, 0.4) is 0 Å². The Morgan fingerprint density at radius 2 is 1.56 bits per heavy atom. The van der Waals surface area contributed by atoms with Gasteiger partial charge in [-0.1, -0.05) is 19.8 Å². The van der Waals surface area contributed by atoms with Crippen LogP contribution in [-0.2, 0) is 0 Å². The minimum Gasteiger partial charge on any atom is -1.00 e. The van der Waals surface area contributed by atoms with Gasteiger partial charge in [0.1, 0.15) is 0 Å². The number of unbranched alkanes of at least 4 members (excludes halogenated alkanes) is 2. The van der Waals surface area contributed by atoms with Crippen molar-refractivity contribution in [1.29, 1.82) is 0 Å². The average molecular weight is 299 g/mol. The molecule has 0 nitrogen and oxygen atoms in total. The largest absolute Gasteiger partial charge is 1.00 e. The van der Waals surface area contributed by atoms with Gasteiger partial charge >= 0.3 is 0 Å². The summed E-state index contributed by atoms with van der Waals surface area (Å²) >= 11 is 5.38. The summed E-state index contributed by atoms with van der Waals surface area (Å²) in [6, 6.07) is 0. The molecule has 0 spiro atoms. The molecule has 0 saturated heterocycles. The number of rotatable bonds is 3. The van der Waals surface area contributed by atoms with E-state index in [0.717, 1.165) is 5.88 Å². The summed E-state index contributed by atoms with van der Waals surface area (Å²) in [5, 5.41) is 0. The van der Waals surface area contributed by atoms with Gasteiger partial charge in [0.2, 0.25) is 0 Å². The Morgan fingerprint density at radius 3 is 1.67 bits per heavy atom. The van der Waals surface area contributed by atoms with E-state index in [0.29, 0.717) is 0 Å². The van der Waals surface area contributed by atoms with Gasteiger partial charge in [-0.15, -0.1) is 11.6 Å². The minimum absolute atomic E-state index is 0. The summed E-state index contributed by atoms with van der Waals surface area (Å²) in [6.07, 6.45) is 3.73. The standard InChI is InChI=1S/C5H11Cl.2ClH.Sb/c1-2-3-4-5-6;;;/h2-5H2,1H3;2*1H;/p-2. The number of hydrogen-bond acceptors (Lipinski definition) is 0. The van der Waals surface area contributed by atoms with Gasteiger partial charge in [-0.3, -0.25) is 0 Å². The van der Waals surface area contributed by atoms with E-state index in [1.807, 2.05) is 0 Å². The summed E-state index contributed by atoms with van der Waals surface area (Å²) in [4.78, 5) is 0. The second kappa shape index (κ2) is 22.6. The summed E-state index contributed by atoms with van der Waals surface area (Å²) < 4.78 is 0. The molecule has 9 heavy (non-hydrogen) atoms. The van der Waals surface area contributed by atoms with E-state index in [-0.39, 0.29) is 49.2 Å². The monoisotopic (exact) mass is 297 g/mol. The Hall–Kier alpha value is 1.69. The fourth-order valence-corrected chi connectivity index (χ4v) is 0.533. The van der Waals surface area contributed by atoms with Crippen molar-refractivity contribution in [1.82, 2.24) is 0 Å². The van der Waals surface area contributed by atoms with Gasteiger partial charge in [0.15, 0.2) is 0 Å². The van der Waals surface area contributed by atoms with Crippen molar-refractivity contribution >= 4 is 36.0 Å². The predicted molar refractivity (Wildman–Crippen MR) is 36.0 cm³/mol. The maximum atomic E-state index is 5.38. The third-order valence-corrected chi connectivity index (χ3v) is 1.00. The Balaban J connectivity index is -0.0000000417. The van der Waals surface area contributed by atoms with E-state index in [1.54, 1.807) is 0 Å². The quantitative estimate of drug-likeness (QED) is 0.283. The summed E-state index contributed by atoms with van der Waals surface area (Å²) in [5.41, 5.74) is 0. The maximum Gasteiger partial charge on any atom is 0.0223 e. The molecule has 0 amide bonds. The molecule has 59 valence electrons. The second-order valence-corrected chi connectivity index (χ2v) is 1.77. The maximum absolute atomic E-state index is 5.38. The summed E-state index contributed by atoms with van der Waals surface area (Å²) in [6.45, 7) is 2.17. The molecule has 0 aromatic carbocycles. The number of halogens is 3. The zero-order valence-corrected chi connectivity index (χ0v) is 10.2. The van der Waals surface area contributed by atoms with Crippen LogP contribution in [0.5, 0.6) is 0 Å². The van der Waals surface area contributed by atoms with Crippen molar-refractivity contribution in [2.45, 2.75) is 26.2 Å². The van der Waals surface area contributed by atoms with Crippen molar-refractivity contribution in [3.63, 3.8) is 0 Å². The topological polar surface area (TPSA) is 0 Å². The zero-order valence-electron chi connectivity index (χ0n) is 5.41. The molecule has 0 rings (SSSR count). The molecular formula is C5H11Cl3Sb-2. The van der Waals surface area contributed by atoms with E-state index in [9.17, 15) is 0 Å². The molecule has 4 heteroatoms. The molecule has 0 aliphatic heterocycles. The molecule has 0 heterocycles. The zero-order chi connectivity index (χ0) is 4.83. The molecule has 0 aliphatic rings. The van der Waals surface area contributed by atoms with Crippen molar-refractivity contribution in [2.24, 2.45) is 0 Å². The minimum atomic E-state index is 0. The van der Waals surface area contributed by atoms with Gasteiger partial charge < -0.3 is 24.8 Å². The van der Waals surface area contributed by atoms with E-state index in [2.05, 4.69) is 6.92 Å². The molecule has 0 aliphatic carbocycles. The molecule has 0 aromatic heterocycles. The first-order valence-electron chi connectivity index (χ1n) is 2.47. The molecule has 0 bridgehead atoms. The first-order chi connectivity index (χ1) is 2.91. The molecule has 0 atom stereocenters. The normalized spacial score (nSPS) is 6.00. The number of hydrogen-bond donors (Lipinski definition) is 0. The second-order valence-electron chi connectivity index (χ2n) is 1.40. The smallest absolute Gasteiger partial charge is 0.0223 e. The Labute approximate surface area is 92.4 Å². The molecule has 0 unspecified atom stereocenters. The van der Waals surface area contributed by atoms with Gasteiger partial charge in [0, 0.05) is 30.3 Å². The first kappa shape index (κ1) is 22.4. The molecule has 0 aromatic rings. The van der Waals surface area contributed by atoms with Crippen LogP contribution >= 0.6 is 11.6 Å². The SMILES string of the molecule is CCCCCCl.[Cl-].[Cl-].[Sb]. The van der Waals surface area contributed by atoms with Crippen LogP contribution in [-0.4, -0.2) is 30.3 Å². The average Bonchev–Trinajstić information content (AvgIpc) is 1.61. The van der Waals surface area contributed by atoms with Crippen LogP contribution in [0.25, 0.3) is 0 Å². The van der Waals surface area contributed by atoms with Crippen LogP contribution in [0.1, 0.15) is 26.2 Å². The van der Waals surface area contributed by atoms with Crippen LogP contribution in [0.4, 0.5) is 0 Å². The fraction of sp³-hybridized carbons (Fsp3) is 1.00. The number of alkyl halides is 1. The van der Waals surface area contributed by atoms with E-state index >= 15 is 0 Å². The van der Waals surface area contributed by atoms with E-state index in [1.165, 1.54) is 19.3 Å². The predicted octanol–water partition coefficient (Wildman–Crippen LogP) is -3.96. The van der Waals surface area contributed by atoms with Gasteiger partial charge in [-0.2, -0.15) is 0 Å². The van der Waals surface area contributed by atoms with E-state index in [4.69, 9.17) is 11.6 Å². The Morgan fingerprint density at radius 1 is 1.11 bits per heavy atom. The Kier molecular flexibility index (Phi) is 56.3. The van der Waals surface area contributed by atoms with Gasteiger partial charge in [-0.25, -0.2) is 0 Å². The van der Waals surface area contributed by atoms with Crippen molar-refractivity contribution in [2.75, 3.05) is 5.88 Å². The molecule has 0 saturated carbocycles. The van der Waals surface area contributed by atoms with Gasteiger partial charge in [-0.05, 0) is 6.42 Å². The summed E-state index contributed by atoms with van der Waals surface area (Å²) in [5.74, 6) is 0.827.